The van der Waals surface area contributed by atoms with Crippen molar-refractivity contribution in [1.29, 1.82) is 0 Å². The molecule has 2 atom stereocenters. The van der Waals surface area contributed by atoms with E-state index in [9.17, 15) is 9.59 Å². The molecule has 1 aromatic heterocycles. The molecule has 2 aromatic carbocycles. The number of anilines is 2. The van der Waals surface area contributed by atoms with Gasteiger partial charge in [-0.15, -0.1) is 9.24 Å². The molecule has 7 nitrogen and oxygen atoms in total. The highest BCUT2D eigenvalue weighted by Gasteiger charge is 2.25. The monoisotopic (exact) mass is 550 g/mol. The molecule has 1 N–H and O–H groups in total. The van der Waals surface area contributed by atoms with Gasteiger partial charge in [-0.1, -0.05) is 42.4 Å². The second-order valence-electron chi connectivity index (χ2n) is 10.2. The standard InChI is InChI=1S/C26H32N3O2P.C5H11NO/c1-17(20-7-5-4-6-8-20)21-11-13-29(14-12-21)24-10-9-22(15-25(24)32)27-26(30)16-23-18(2)28-31-19(23)3;1-3-6(4-2)5-7/h4-10,15,17,21H,11-14,16,32H2,1-3H3,(H,27,30);5H,3-4H2,1-2H3. The van der Waals surface area contributed by atoms with E-state index in [-0.39, 0.29) is 12.3 Å². The lowest BCUT2D eigenvalue weighted by molar-refractivity contribution is -0.118. The normalized spacial score (nSPS) is 14.3. The highest BCUT2D eigenvalue weighted by molar-refractivity contribution is 7.28. The van der Waals surface area contributed by atoms with Crippen molar-refractivity contribution in [3.63, 3.8) is 0 Å². The average Bonchev–Trinajstić information content (AvgIpc) is 3.27. The third-order valence-electron chi connectivity index (χ3n) is 7.70. The maximum absolute atomic E-state index is 12.5. The van der Waals surface area contributed by atoms with Gasteiger partial charge in [-0.05, 0) is 81.4 Å². The van der Waals surface area contributed by atoms with E-state index in [0.717, 1.165) is 54.8 Å². The molecule has 2 unspecified atom stereocenters. The summed E-state index contributed by atoms with van der Waals surface area (Å²) in [5, 5.41) is 8.03. The van der Waals surface area contributed by atoms with E-state index in [0.29, 0.717) is 17.6 Å². The zero-order chi connectivity index (χ0) is 28.4. The van der Waals surface area contributed by atoms with E-state index in [1.165, 1.54) is 24.1 Å². The van der Waals surface area contributed by atoms with E-state index in [1.54, 1.807) is 4.90 Å². The van der Waals surface area contributed by atoms with Crippen molar-refractivity contribution in [2.45, 2.75) is 59.8 Å². The number of benzene rings is 2. The summed E-state index contributed by atoms with van der Waals surface area (Å²) >= 11 is 0. The zero-order valence-corrected chi connectivity index (χ0v) is 25.1. The predicted octanol–water partition coefficient (Wildman–Crippen LogP) is 5.48. The lowest BCUT2D eigenvalue weighted by Crippen LogP contribution is -2.37. The van der Waals surface area contributed by atoms with Gasteiger partial charge in [0.2, 0.25) is 12.3 Å². The summed E-state index contributed by atoms with van der Waals surface area (Å²) in [4.78, 5) is 26.6. The highest BCUT2D eigenvalue weighted by Crippen LogP contribution is 2.34. The third kappa shape index (κ3) is 8.40. The van der Waals surface area contributed by atoms with Crippen LogP contribution < -0.4 is 15.5 Å². The highest BCUT2D eigenvalue weighted by atomic mass is 31.0. The largest absolute Gasteiger partial charge is 0.371 e. The minimum atomic E-state index is -0.0627. The Morgan fingerprint density at radius 2 is 1.82 bits per heavy atom. The molecule has 0 saturated carbocycles. The van der Waals surface area contributed by atoms with Gasteiger partial charge in [-0.3, -0.25) is 9.59 Å². The Balaban J connectivity index is 0.000000532. The molecule has 1 aliphatic heterocycles. The molecule has 0 bridgehead atoms. The molecule has 0 aliphatic carbocycles. The summed E-state index contributed by atoms with van der Waals surface area (Å²) in [6.07, 6.45) is 3.51. The fourth-order valence-electron chi connectivity index (χ4n) is 5.08. The van der Waals surface area contributed by atoms with E-state index in [1.807, 2.05) is 39.8 Å². The number of amides is 2. The molecule has 2 amide bonds. The van der Waals surface area contributed by atoms with Crippen molar-refractivity contribution in [3.8, 4) is 0 Å². The number of piperidine rings is 1. The molecule has 0 radical (unpaired) electrons. The van der Waals surface area contributed by atoms with Crippen molar-refractivity contribution in [2.75, 3.05) is 36.4 Å². The van der Waals surface area contributed by atoms with Gasteiger partial charge in [0.05, 0.1) is 12.1 Å². The topological polar surface area (TPSA) is 78.7 Å². The number of hydrogen-bond donors (Lipinski definition) is 1. The lowest BCUT2D eigenvalue weighted by Gasteiger charge is -2.37. The van der Waals surface area contributed by atoms with Crippen LogP contribution in [-0.4, -0.2) is 48.6 Å². The first kappa shape index (κ1) is 30.4. The Labute approximate surface area is 235 Å². The summed E-state index contributed by atoms with van der Waals surface area (Å²) in [5.41, 5.74) is 5.10. The number of rotatable bonds is 9. The van der Waals surface area contributed by atoms with Crippen LogP contribution in [0.25, 0.3) is 0 Å². The Morgan fingerprint density at radius 1 is 1.15 bits per heavy atom. The Bertz CT molecular complexity index is 1180. The maximum atomic E-state index is 12.5. The molecule has 1 saturated heterocycles. The molecule has 8 heteroatoms. The fraction of sp³-hybridized carbons (Fsp3) is 0.452. The summed E-state index contributed by atoms with van der Waals surface area (Å²) in [6, 6.07) is 17.0. The Morgan fingerprint density at radius 3 is 2.33 bits per heavy atom. The van der Waals surface area contributed by atoms with Gasteiger partial charge in [-0.25, -0.2) is 0 Å². The van der Waals surface area contributed by atoms with Crippen molar-refractivity contribution in [3.05, 3.63) is 71.1 Å². The van der Waals surface area contributed by atoms with E-state index in [2.05, 4.69) is 67.9 Å². The van der Waals surface area contributed by atoms with Gasteiger partial charge in [0.1, 0.15) is 5.76 Å². The minimum absolute atomic E-state index is 0.0627. The van der Waals surface area contributed by atoms with E-state index in [4.69, 9.17) is 4.52 Å². The molecular formula is C31H43N4O3P. The summed E-state index contributed by atoms with van der Waals surface area (Å²) < 4.78 is 5.16. The molecule has 1 fully saturated rings. The minimum Gasteiger partial charge on any atom is -0.371 e. The Hall–Kier alpha value is -3.18. The molecule has 0 spiro atoms. The van der Waals surface area contributed by atoms with Crippen LogP contribution in [0.4, 0.5) is 11.4 Å². The molecule has 39 heavy (non-hydrogen) atoms. The van der Waals surface area contributed by atoms with Crippen molar-refractivity contribution >= 4 is 38.2 Å². The second-order valence-corrected chi connectivity index (χ2v) is 10.8. The SMILES string of the molecule is CCN(C=O)CC.Cc1noc(C)c1CC(=O)Nc1ccc(N2CCC(C(C)c3ccccc3)CC2)c(P)c1. The predicted molar refractivity (Wildman–Crippen MR) is 163 cm³/mol. The number of hydrogen-bond acceptors (Lipinski definition) is 5. The average molecular weight is 551 g/mol. The van der Waals surface area contributed by atoms with Gasteiger partial charge in [-0.2, -0.15) is 0 Å². The first-order valence-corrected chi connectivity index (χ1v) is 14.4. The van der Waals surface area contributed by atoms with Crippen LogP contribution in [0.15, 0.2) is 53.1 Å². The summed E-state index contributed by atoms with van der Waals surface area (Å²) in [6.45, 7) is 13.7. The first-order valence-electron chi connectivity index (χ1n) is 13.9. The second kappa shape index (κ2) is 14.8. The van der Waals surface area contributed by atoms with Crippen LogP contribution in [0.3, 0.4) is 0 Å². The maximum Gasteiger partial charge on any atom is 0.228 e. The molecule has 2 heterocycles. The van der Waals surface area contributed by atoms with Gasteiger partial charge in [0.15, 0.2) is 0 Å². The number of aryl methyl sites for hydroxylation is 2. The molecular weight excluding hydrogens is 507 g/mol. The zero-order valence-electron chi connectivity index (χ0n) is 23.9. The van der Waals surface area contributed by atoms with Crippen LogP contribution in [0.5, 0.6) is 0 Å². The van der Waals surface area contributed by atoms with Crippen LogP contribution in [0, 0.1) is 19.8 Å². The number of carbonyl (C=O) groups excluding carboxylic acids is 2. The third-order valence-corrected chi connectivity index (χ3v) is 8.17. The van der Waals surface area contributed by atoms with Crippen molar-refractivity contribution in [1.82, 2.24) is 10.1 Å². The molecule has 1 aliphatic rings. The molecule has 3 aromatic rings. The number of nitrogens with zero attached hydrogens (tertiary/aromatic N) is 3. The summed E-state index contributed by atoms with van der Waals surface area (Å²) in [5.74, 6) is 1.94. The number of aromatic nitrogens is 1. The number of carbonyl (C=O) groups is 2. The van der Waals surface area contributed by atoms with Crippen LogP contribution >= 0.6 is 9.24 Å². The van der Waals surface area contributed by atoms with Gasteiger partial charge in [0.25, 0.3) is 0 Å². The van der Waals surface area contributed by atoms with Crippen LogP contribution in [0.2, 0.25) is 0 Å². The lowest BCUT2D eigenvalue weighted by atomic mass is 9.81. The van der Waals surface area contributed by atoms with Gasteiger partial charge >= 0.3 is 0 Å². The van der Waals surface area contributed by atoms with E-state index >= 15 is 0 Å². The van der Waals surface area contributed by atoms with Crippen molar-refractivity contribution < 1.29 is 14.1 Å². The van der Waals surface area contributed by atoms with E-state index < -0.39 is 0 Å². The van der Waals surface area contributed by atoms with Crippen molar-refractivity contribution in [2.24, 2.45) is 5.92 Å². The molecule has 4 rings (SSSR count). The Kier molecular flexibility index (Phi) is 11.5. The summed E-state index contributed by atoms with van der Waals surface area (Å²) in [7, 11) is 2.83. The molecule has 210 valence electrons. The quantitative estimate of drug-likeness (QED) is 0.282. The van der Waals surface area contributed by atoms with Crippen LogP contribution in [0.1, 0.15) is 62.1 Å². The number of nitrogens with one attached hydrogen (secondary N) is 1. The van der Waals surface area contributed by atoms with Gasteiger partial charge < -0.3 is 19.6 Å². The van der Waals surface area contributed by atoms with Gasteiger partial charge in [0, 0.05) is 43.1 Å². The fourth-order valence-corrected chi connectivity index (χ4v) is 5.54. The smallest absolute Gasteiger partial charge is 0.228 e. The van der Waals surface area contributed by atoms with Crippen LogP contribution in [-0.2, 0) is 16.0 Å². The first-order chi connectivity index (χ1) is 18.8.